The summed E-state index contributed by atoms with van der Waals surface area (Å²) in [5, 5.41) is 11.4. The van der Waals surface area contributed by atoms with Crippen LogP contribution in [-0.2, 0) is 14.6 Å². The van der Waals surface area contributed by atoms with Crippen LogP contribution >= 0.6 is 11.3 Å². The van der Waals surface area contributed by atoms with Crippen molar-refractivity contribution < 1.29 is 23.1 Å². The molecule has 0 radical (unpaired) electrons. The van der Waals surface area contributed by atoms with Gasteiger partial charge in [0.2, 0.25) is 0 Å². The molecule has 110 valence electrons. The van der Waals surface area contributed by atoms with E-state index in [4.69, 9.17) is 5.11 Å². The fourth-order valence-electron chi connectivity index (χ4n) is 1.41. The van der Waals surface area contributed by atoms with Crippen LogP contribution in [-0.4, -0.2) is 37.7 Å². The maximum absolute atomic E-state index is 11.9. The van der Waals surface area contributed by atoms with E-state index in [1.807, 2.05) is 0 Å². The summed E-state index contributed by atoms with van der Waals surface area (Å²) in [4.78, 5) is 23.0. The van der Waals surface area contributed by atoms with E-state index in [1.165, 1.54) is 12.1 Å². The normalized spacial score (nSPS) is 12.7. The van der Waals surface area contributed by atoms with Crippen LogP contribution in [0.4, 0.5) is 0 Å². The molecule has 0 saturated heterocycles. The standard InChI is InChI=1S/C12H15NO5S2/c1-3-4-5-8(12(15)16)13-11(14)9-6-7-10(19-9)20(2,17)18/h3,6-8H,1,4-5H2,2H3,(H,13,14)(H,15,16). The number of aliphatic carboxylic acids is 1. The second kappa shape index (κ2) is 6.67. The number of allylic oxidation sites excluding steroid dienone is 1. The lowest BCUT2D eigenvalue weighted by molar-refractivity contribution is -0.139. The summed E-state index contributed by atoms with van der Waals surface area (Å²) in [6, 6.07) is 1.67. The Hall–Kier alpha value is -1.67. The molecule has 0 aliphatic heterocycles. The van der Waals surface area contributed by atoms with E-state index in [0.29, 0.717) is 6.42 Å². The minimum Gasteiger partial charge on any atom is -0.480 e. The Labute approximate surface area is 121 Å². The first kappa shape index (κ1) is 16.4. The number of carboxylic acid groups (broad SMARTS) is 1. The van der Waals surface area contributed by atoms with Gasteiger partial charge in [-0.3, -0.25) is 4.79 Å². The number of carboxylic acids is 1. The van der Waals surface area contributed by atoms with Crippen LogP contribution < -0.4 is 5.32 Å². The molecule has 1 aromatic rings. The number of hydrogen-bond acceptors (Lipinski definition) is 5. The van der Waals surface area contributed by atoms with Crippen LogP contribution in [0.15, 0.2) is 29.0 Å². The second-order valence-electron chi connectivity index (χ2n) is 4.12. The Morgan fingerprint density at radius 2 is 2.15 bits per heavy atom. The Bertz CT molecular complexity index is 618. The lowest BCUT2D eigenvalue weighted by Crippen LogP contribution is -2.40. The van der Waals surface area contributed by atoms with Gasteiger partial charge in [-0.05, 0) is 25.0 Å². The van der Waals surface area contributed by atoms with Crippen LogP contribution in [0, 0.1) is 0 Å². The monoisotopic (exact) mass is 317 g/mol. The summed E-state index contributed by atoms with van der Waals surface area (Å²) in [6.45, 7) is 3.49. The van der Waals surface area contributed by atoms with Gasteiger partial charge in [-0.2, -0.15) is 0 Å². The van der Waals surface area contributed by atoms with Crippen molar-refractivity contribution in [1.82, 2.24) is 5.32 Å². The Morgan fingerprint density at radius 3 is 2.60 bits per heavy atom. The Morgan fingerprint density at radius 1 is 1.50 bits per heavy atom. The molecule has 1 unspecified atom stereocenters. The van der Waals surface area contributed by atoms with Crippen molar-refractivity contribution in [1.29, 1.82) is 0 Å². The fraction of sp³-hybridized carbons (Fsp3) is 0.333. The zero-order valence-electron chi connectivity index (χ0n) is 10.8. The van der Waals surface area contributed by atoms with Gasteiger partial charge >= 0.3 is 5.97 Å². The largest absolute Gasteiger partial charge is 0.480 e. The number of hydrogen-bond donors (Lipinski definition) is 2. The maximum Gasteiger partial charge on any atom is 0.326 e. The first-order valence-electron chi connectivity index (χ1n) is 5.70. The second-order valence-corrected chi connectivity index (χ2v) is 7.45. The lowest BCUT2D eigenvalue weighted by Gasteiger charge is -2.12. The average Bonchev–Trinajstić information content (AvgIpc) is 2.83. The fourth-order valence-corrected chi connectivity index (χ4v) is 3.24. The summed E-state index contributed by atoms with van der Waals surface area (Å²) in [6.07, 6.45) is 3.30. The number of thiophene rings is 1. The Kier molecular flexibility index (Phi) is 5.46. The van der Waals surface area contributed by atoms with E-state index in [0.717, 1.165) is 17.6 Å². The minimum absolute atomic E-state index is 0.0700. The summed E-state index contributed by atoms with van der Waals surface area (Å²) in [5.74, 6) is -1.73. The first-order valence-corrected chi connectivity index (χ1v) is 8.41. The molecule has 1 amide bonds. The molecule has 2 N–H and O–H groups in total. The van der Waals surface area contributed by atoms with Crippen molar-refractivity contribution in [3.8, 4) is 0 Å². The highest BCUT2D eigenvalue weighted by Gasteiger charge is 2.21. The van der Waals surface area contributed by atoms with E-state index in [2.05, 4.69) is 11.9 Å². The molecule has 1 heterocycles. The number of nitrogens with one attached hydrogen (secondary N) is 1. The van der Waals surface area contributed by atoms with Gasteiger partial charge < -0.3 is 10.4 Å². The van der Waals surface area contributed by atoms with Crippen molar-refractivity contribution in [3.05, 3.63) is 29.7 Å². The quantitative estimate of drug-likeness (QED) is 0.738. The van der Waals surface area contributed by atoms with Crippen LogP contribution in [0.5, 0.6) is 0 Å². The summed E-state index contributed by atoms with van der Waals surface area (Å²) < 4.78 is 22.7. The van der Waals surface area contributed by atoms with Gasteiger partial charge in [-0.1, -0.05) is 6.08 Å². The van der Waals surface area contributed by atoms with Crippen LogP contribution in [0.1, 0.15) is 22.5 Å². The maximum atomic E-state index is 11.9. The molecule has 20 heavy (non-hydrogen) atoms. The van der Waals surface area contributed by atoms with Gasteiger partial charge in [0, 0.05) is 6.26 Å². The van der Waals surface area contributed by atoms with Gasteiger partial charge in [-0.25, -0.2) is 13.2 Å². The molecule has 0 aliphatic rings. The van der Waals surface area contributed by atoms with Crippen molar-refractivity contribution in [2.24, 2.45) is 0 Å². The highest BCUT2D eigenvalue weighted by molar-refractivity contribution is 7.92. The van der Waals surface area contributed by atoms with Crippen molar-refractivity contribution in [2.45, 2.75) is 23.1 Å². The third-order valence-electron chi connectivity index (χ3n) is 2.43. The predicted octanol–water partition coefficient (Wildman–Crippen LogP) is 1.30. The van der Waals surface area contributed by atoms with Crippen LogP contribution in [0.2, 0.25) is 0 Å². The van der Waals surface area contributed by atoms with E-state index >= 15 is 0 Å². The van der Waals surface area contributed by atoms with Gasteiger partial charge in [0.15, 0.2) is 9.84 Å². The van der Waals surface area contributed by atoms with E-state index < -0.39 is 27.8 Å². The average molecular weight is 317 g/mol. The topological polar surface area (TPSA) is 101 Å². The number of sulfone groups is 1. The van der Waals surface area contributed by atoms with E-state index in [1.54, 1.807) is 6.08 Å². The van der Waals surface area contributed by atoms with Crippen molar-refractivity contribution in [2.75, 3.05) is 6.26 Å². The lowest BCUT2D eigenvalue weighted by atomic mass is 10.1. The molecule has 0 fully saturated rings. The molecule has 1 atom stereocenters. The minimum atomic E-state index is -3.37. The zero-order chi connectivity index (χ0) is 15.3. The molecule has 0 aliphatic carbocycles. The number of rotatable bonds is 7. The molecule has 8 heteroatoms. The zero-order valence-corrected chi connectivity index (χ0v) is 12.5. The van der Waals surface area contributed by atoms with Gasteiger partial charge in [-0.15, -0.1) is 17.9 Å². The highest BCUT2D eigenvalue weighted by Crippen LogP contribution is 2.21. The van der Waals surface area contributed by atoms with E-state index in [-0.39, 0.29) is 15.5 Å². The SMILES string of the molecule is C=CCCC(NC(=O)c1ccc(S(C)(=O)=O)s1)C(=O)O. The van der Waals surface area contributed by atoms with Crippen molar-refractivity contribution >= 4 is 33.1 Å². The number of amides is 1. The summed E-state index contributed by atoms with van der Waals surface area (Å²) in [7, 11) is -3.37. The smallest absolute Gasteiger partial charge is 0.326 e. The highest BCUT2D eigenvalue weighted by atomic mass is 32.2. The van der Waals surface area contributed by atoms with Gasteiger partial charge in [0.25, 0.3) is 5.91 Å². The molecule has 6 nitrogen and oxygen atoms in total. The third kappa shape index (κ3) is 4.46. The molecular formula is C12H15NO5S2. The molecule has 0 spiro atoms. The molecule has 0 aromatic carbocycles. The summed E-state index contributed by atoms with van der Waals surface area (Å²) >= 11 is 0.812. The van der Waals surface area contributed by atoms with Crippen LogP contribution in [0.25, 0.3) is 0 Å². The van der Waals surface area contributed by atoms with Gasteiger partial charge in [0.05, 0.1) is 4.88 Å². The predicted molar refractivity (Wildman–Crippen MR) is 75.7 cm³/mol. The van der Waals surface area contributed by atoms with Crippen molar-refractivity contribution in [3.63, 3.8) is 0 Å². The van der Waals surface area contributed by atoms with Crippen LogP contribution in [0.3, 0.4) is 0 Å². The molecule has 0 bridgehead atoms. The molecule has 1 aromatic heterocycles. The number of carbonyl (C=O) groups is 2. The third-order valence-corrected chi connectivity index (χ3v) is 5.34. The molecule has 1 rings (SSSR count). The van der Waals surface area contributed by atoms with Gasteiger partial charge in [0.1, 0.15) is 10.3 Å². The Balaban J connectivity index is 2.81. The number of carbonyl (C=O) groups excluding carboxylic acids is 1. The molecular weight excluding hydrogens is 302 g/mol. The first-order chi connectivity index (χ1) is 9.25. The van der Waals surface area contributed by atoms with E-state index in [9.17, 15) is 18.0 Å². The molecule has 0 saturated carbocycles. The summed E-state index contributed by atoms with van der Waals surface area (Å²) in [5.41, 5.74) is 0.